The van der Waals surface area contributed by atoms with Crippen molar-refractivity contribution in [2.45, 2.75) is 77.6 Å². The van der Waals surface area contributed by atoms with E-state index in [1.54, 1.807) is 12.2 Å². The molecule has 0 radical (unpaired) electrons. The van der Waals surface area contributed by atoms with E-state index >= 15 is 0 Å². The smallest absolute Gasteiger partial charge is 0.410 e. The van der Waals surface area contributed by atoms with E-state index in [2.05, 4.69) is 0 Å². The van der Waals surface area contributed by atoms with Gasteiger partial charge in [0.05, 0.1) is 0 Å². The third-order valence-electron chi connectivity index (χ3n) is 7.20. The maximum atomic E-state index is 14.5. The van der Waals surface area contributed by atoms with Crippen LogP contribution in [0.5, 0.6) is 0 Å². The molecule has 0 aromatic carbocycles. The summed E-state index contributed by atoms with van der Waals surface area (Å²) in [4.78, 5) is 0. The van der Waals surface area contributed by atoms with Crippen LogP contribution in [0.3, 0.4) is 0 Å². The molecule has 0 saturated carbocycles. The molecule has 0 N–H and O–H groups in total. The number of hydrogen-bond donors (Lipinski definition) is 0. The number of halogens is 6. The van der Waals surface area contributed by atoms with Gasteiger partial charge in [0.2, 0.25) is 5.41 Å². The molecule has 37 heavy (non-hydrogen) atoms. The molecule has 2 nitrogen and oxygen atoms in total. The topological polar surface area (TPSA) is 18.5 Å². The minimum atomic E-state index is -5.57. The first-order valence-corrected chi connectivity index (χ1v) is 12.4. The van der Waals surface area contributed by atoms with Gasteiger partial charge in [0.1, 0.15) is 23.0 Å². The molecule has 4 aliphatic rings. The average molecular weight is 525 g/mol. The molecule has 0 aliphatic heterocycles. The molecule has 8 heteroatoms. The van der Waals surface area contributed by atoms with Crippen LogP contribution >= 0.6 is 0 Å². The SMILES string of the molecule is CC1=CC=C(OC2=CC=C(C(C3=CC=C(OC4=CC=C(C)CC4)CC3)(C(F)(F)F)C(F)(F)F)CC2)CC1. The van der Waals surface area contributed by atoms with Gasteiger partial charge in [-0.15, -0.1) is 0 Å². The second-order valence-electron chi connectivity index (χ2n) is 9.89. The maximum absolute atomic E-state index is 14.5. The molecule has 0 fully saturated rings. The molecule has 0 aromatic rings. The predicted octanol–water partition coefficient (Wildman–Crippen LogP) is 9.59. The highest BCUT2D eigenvalue weighted by Crippen LogP contribution is 2.62. The lowest BCUT2D eigenvalue weighted by molar-refractivity contribution is -0.312. The molecule has 0 amide bonds. The van der Waals surface area contributed by atoms with Gasteiger partial charge in [-0.25, -0.2) is 0 Å². The largest absolute Gasteiger partial charge is 0.466 e. The summed E-state index contributed by atoms with van der Waals surface area (Å²) in [5.74, 6) is 2.02. The van der Waals surface area contributed by atoms with Crippen molar-refractivity contribution in [3.8, 4) is 0 Å². The normalized spacial score (nSPS) is 21.4. The van der Waals surface area contributed by atoms with Crippen LogP contribution in [0, 0.1) is 5.41 Å². The highest BCUT2D eigenvalue weighted by molar-refractivity contribution is 5.43. The summed E-state index contributed by atoms with van der Waals surface area (Å²) in [6.45, 7) is 3.96. The molecular formula is C29H30F6O2. The van der Waals surface area contributed by atoms with Crippen LogP contribution in [0.2, 0.25) is 0 Å². The third-order valence-corrected chi connectivity index (χ3v) is 7.20. The highest BCUT2D eigenvalue weighted by atomic mass is 19.4. The van der Waals surface area contributed by atoms with Gasteiger partial charge in [-0.1, -0.05) is 35.5 Å². The van der Waals surface area contributed by atoms with Crippen LogP contribution in [0.1, 0.15) is 65.2 Å². The van der Waals surface area contributed by atoms with Crippen molar-refractivity contribution in [1.29, 1.82) is 0 Å². The molecule has 0 saturated heterocycles. The van der Waals surface area contributed by atoms with Crippen LogP contribution in [0.15, 0.2) is 93.9 Å². The Labute approximate surface area is 213 Å². The molecular weight excluding hydrogens is 494 g/mol. The maximum Gasteiger partial charge on any atom is 0.410 e. The van der Waals surface area contributed by atoms with E-state index in [0.717, 1.165) is 25.0 Å². The van der Waals surface area contributed by atoms with Crippen molar-refractivity contribution in [2.24, 2.45) is 5.41 Å². The van der Waals surface area contributed by atoms with Crippen LogP contribution in [0.4, 0.5) is 26.3 Å². The van der Waals surface area contributed by atoms with Gasteiger partial charge in [-0.05, 0) is 75.0 Å². The lowest BCUT2D eigenvalue weighted by Gasteiger charge is -2.42. The average Bonchev–Trinajstić information content (AvgIpc) is 2.83. The van der Waals surface area contributed by atoms with E-state index in [4.69, 9.17) is 9.47 Å². The Morgan fingerprint density at radius 2 is 0.784 bits per heavy atom. The minimum absolute atomic E-state index is 0.0433. The van der Waals surface area contributed by atoms with Gasteiger partial charge >= 0.3 is 12.4 Å². The van der Waals surface area contributed by atoms with Crippen molar-refractivity contribution in [3.05, 3.63) is 93.9 Å². The van der Waals surface area contributed by atoms with Crippen LogP contribution in [-0.4, -0.2) is 12.4 Å². The Morgan fingerprint density at radius 3 is 1.03 bits per heavy atom. The fourth-order valence-corrected chi connectivity index (χ4v) is 5.08. The van der Waals surface area contributed by atoms with Crippen molar-refractivity contribution < 1.29 is 35.8 Å². The Balaban J connectivity index is 1.65. The summed E-state index contributed by atoms with van der Waals surface area (Å²) in [6.07, 6.45) is 2.59. The summed E-state index contributed by atoms with van der Waals surface area (Å²) >= 11 is 0. The molecule has 0 heterocycles. The van der Waals surface area contributed by atoms with Crippen molar-refractivity contribution in [1.82, 2.24) is 0 Å². The fraction of sp³-hybridized carbons (Fsp3) is 0.448. The van der Waals surface area contributed by atoms with Crippen molar-refractivity contribution in [2.75, 3.05) is 0 Å². The number of alkyl halides is 6. The van der Waals surface area contributed by atoms with Crippen molar-refractivity contribution in [3.63, 3.8) is 0 Å². The van der Waals surface area contributed by atoms with Gasteiger partial charge in [0.25, 0.3) is 0 Å². The molecule has 0 atom stereocenters. The monoisotopic (exact) mass is 524 g/mol. The van der Waals surface area contributed by atoms with Crippen LogP contribution in [0.25, 0.3) is 0 Å². The van der Waals surface area contributed by atoms with Gasteiger partial charge in [-0.3, -0.25) is 0 Å². The first-order chi connectivity index (χ1) is 17.4. The Bertz CT molecular complexity index is 1070. The summed E-state index contributed by atoms with van der Waals surface area (Å²) in [5, 5.41) is 0. The molecule has 4 rings (SSSR count). The lowest BCUT2D eigenvalue weighted by Crippen LogP contribution is -2.53. The predicted molar refractivity (Wildman–Crippen MR) is 130 cm³/mol. The van der Waals surface area contributed by atoms with E-state index < -0.39 is 41.8 Å². The summed E-state index contributed by atoms with van der Waals surface area (Å²) in [5.41, 5.74) is -3.13. The van der Waals surface area contributed by atoms with E-state index in [1.807, 2.05) is 26.0 Å². The van der Waals surface area contributed by atoms with E-state index in [9.17, 15) is 26.3 Å². The second-order valence-corrected chi connectivity index (χ2v) is 9.89. The summed E-state index contributed by atoms with van der Waals surface area (Å²) in [6, 6.07) is 0. The first kappa shape index (κ1) is 27.1. The zero-order valence-electron chi connectivity index (χ0n) is 20.9. The fourth-order valence-electron chi connectivity index (χ4n) is 5.08. The van der Waals surface area contributed by atoms with Gasteiger partial charge in [-0.2, -0.15) is 26.3 Å². The molecule has 0 unspecified atom stereocenters. The summed E-state index contributed by atoms with van der Waals surface area (Å²) in [7, 11) is 0. The summed E-state index contributed by atoms with van der Waals surface area (Å²) < 4.78 is 98.6. The van der Waals surface area contributed by atoms with Crippen LogP contribution < -0.4 is 0 Å². The van der Waals surface area contributed by atoms with Gasteiger partial charge in [0.15, 0.2) is 0 Å². The zero-order valence-corrected chi connectivity index (χ0v) is 20.9. The number of ether oxygens (including phenoxy) is 2. The Hall–Kier alpha value is -2.90. The van der Waals surface area contributed by atoms with E-state index in [0.29, 0.717) is 35.9 Å². The van der Waals surface area contributed by atoms with Gasteiger partial charge in [0, 0.05) is 25.7 Å². The van der Waals surface area contributed by atoms with Crippen LogP contribution in [-0.2, 0) is 9.47 Å². The highest BCUT2D eigenvalue weighted by Gasteiger charge is 2.73. The first-order valence-electron chi connectivity index (χ1n) is 12.4. The molecule has 0 spiro atoms. The molecule has 0 aromatic heterocycles. The standard InChI is InChI=1S/C29H30F6O2/c1-19-3-11-23(12-4-19)36-25-15-7-21(8-16-25)27(28(30,31)32,29(33,34)35)22-9-17-26(18-10-22)37-24-13-5-20(2)6-14-24/h3,5,7,9,11,13,15,17H,4,6,8,10,12,14,16,18H2,1-2H3. The third kappa shape index (κ3) is 5.68. The zero-order chi connectivity index (χ0) is 26.8. The minimum Gasteiger partial charge on any atom is -0.466 e. The quantitative estimate of drug-likeness (QED) is 0.322. The van der Waals surface area contributed by atoms with Crippen molar-refractivity contribution >= 4 is 0 Å². The van der Waals surface area contributed by atoms with E-state index in [-0.39, 0.29) is 12.8 Å². The Kier molecular flexibility index (Phi) is 7.67. The molecule has 200 valence electrons. The second kappa shape index (κ2) is 10.5. The number of hydrogen-bond acceptors (Lipinski definition) is 2. The lowest BCUT2D eigenvalue weighted by atomic mass is 9.67. The number of allylic oxidation sites excluding steroid dienone is 16. The van der Waals surface area contributed by atoms with E-state index in [1.165, 1.54) is 23.3 Å². The Morgan fingerprint density at radius 1 is 0.459 bits per heavy atom. The molecule has 0 bridgehead atoms. The van der Waals surface area contributed by atoms with Gasteiger partial charge < -0.3 is 9.47 Å². The molecule has 4 aliphatic carbocycles. The number of rotatable bonds is 6.